The molecule has 6 nitrogen and oxygen atoms in total. The molecule has 2 aromatic heterocycles. The molecule has 1 aliphatic heterocycles. The molecule has 192 valence electrons. The van der Waals surface area contributed by atoms with E-state index in [0.717, 1.165) is 38.3 Å². The minimum atomic E-state index is -0.345. The summed E-state index contributed by atoms with van der Waals surface area (Å²) < 4.78 is 2.30. The zero-order valence-electron chi connectivity index (χ0n) is 21.3. The molecule has 1 aliphatic rings. The molecular weight excluding hydrogens is 518 g/mol. The maximum atomic E-state index is 12.5. The first-order valence-electron chi connectivity index (χ1n) is 12.9. The van der Waals surface area contributed by atoms with Gasteiger partial charge in [-0.3, -0.25) is 10.2 Å². The minimum absolute atomic E-state index is 0.345. The Balaban J connectivity index is 1.41. The van der Waals surface area contributed by atoms with Gasteiger partial charge in [0.1, 0.15) is 5.70 Å². The van der Waals surface area contributed by atoms with Gasteiger partial charge in [0.15, 0.2) is 0 Å². The van der Waals surface area contributed by atoms with Gasteiger partial charge in [0.05, 0.1) is 33.5 Å². The van der Waals surface area contributed by atoms with E-state index in [0.29, 0.717) is 28.3 Å². The van der Waals surface area contributed by atoms with Gasteiger partial charge in [-0.2, -0.15) is 5.10 Å². The number of hydrogen-bond donors (Lipinski definition) is 1. The van der Waals surface area contributed by atoms with Gasteiger partial charge in [-0.25, -0.2) is 9.98 Å². The lowest BCUT2D eigenvalue weighted by Gasteiger charge is -2.13. The van der Waals surface area contributed by atoms with E-state index in [1.165, 1.54) is 5.56 Å². The standard InChI is InChI=1S/C33H22ClN5O/c34-27-15-7-4-13-24(27)30-32-26(23-12-6-9-17-29(23)39(32)20-21-10-2-1-3-11-21)18-22(36-30)19-35-38-31-25-14-5-8-16-28(25)37-33(31)40/h1-19H,20H2,(H,37,38,40)/b35-19+. The van der Waals surface area contributed by atoms with Gasteiger partial charge in [0.2, 0.25) is 0 Å². The Kier molecular flexibility index (Phi) is 5.95. The van der Waals surface area contributed by atoms with Gasteiger partial charge in [0, 0.05) is 33.6 Å². The fraction of sp³-hybridized carbons (Fsp3) is 0.0303. The Morgan fingerprint density at radius 2 is 1.60 bits per heavy atom. The van der Waals surface area contributed by atoms with Crippen molar-refractivity contribution in [3.63, 3.8) is 0 Å². The highest BCUT2D eigenvalue weighted by Crippen LogP contribution is 2.38. The third kappa shape index (κ3) is 4.15. The van der Waals surface area contributed by atoms with E-state index in [1.807, 2.05) is 66.7 Å². The molecule has 0 spiro atoms. The molecule has 1 amide bonds. The number of fused-ring (bicyclic) bond motifs is 4. The summed E-state index contributed by atoms with van der Waals surface area (Å²) in [5, 5.41) is 8.53. The van der Waals surface area contributed by atoms with Crippen molar-refractivity contribution in [3.8, 4) is 11.3 Å². The van der Waals surface area contributed by atoms with Crippen LogP contribution in [0.15, 0.2) is 119 Å². The van der Waals surface area contributed by atoms with Crippen LogP contribution >= 0.6 is 11.6 Å². The van der Waals surface area contributed by atoms with Crippen LogP contribution < -0.4 is 16.0 Å². The number of halogens is 1. The molecule has 6 aromatic rings. The van der Waals surface area contributed by atoms with Crippen LogP contribution in [0, 0.1) is 0 Å². The van der Waals surface area contributed by atoms with E-state index in [4.69, 9.17) is 16.6 Å². The fourth-order valence-electron chi connectivity index (χ4n) is 5.27. The number of carbonyl (C=O) groups is 1. The van der Waals surface area contributed by atoms with Crippen LogP contribution in [-0.2, 0) is 11.3 Å². The third-order valence-electron chi connectivity index (χ3n) is 7.06. The van der Waals surface area contributed by atoms with E-state index in [1.54, 1.807) is 6.21 Å². The summed E-state index contributed by atoms with van der Waals surface area (Å²) in [6.45, 7) is 0.683. The summed E-state index contributed by atoms with van der Waals surface area (Å²) >= 11 is 6.73. The van der Waals surface area contributed by atoms with E-state index in [2.05, 4.69) is 62.6 Å². The molecule has 0 atom stereocenters. The smallest absolute Gasteiger partial charge is 0.296 e. The lowest BCUT2D eigenvalue weighted by Crippen LogP contribution is -2.26. The number of nitrogens with zero attached hydrogens (tertiary/aromatic N) is 4. The van der Waals surface area contributed by atoms with Gasteiger partial charge in [-0.1, -0.05) is 96.5 Å². The number of hydrogen-bond acceptors (Lipinski definition) is 4. The van der Waals surface area contributed by atoms with Crippen LogP contribution in [0.2, 0.25) is 5.02 Å². The maximum Gasteiger partial charge on any atom is 0.296 e. The number of aromatic nitrogens is 2. The molecule has 0 bridgehead atoms. The van der Waals surface area contributed by atoms with E-state index >= 15 is 0 Å². The van der Waals surface area contributed by atoms with Crippen molar-refractivity contribution >= 4 is 51.2 Å². The number of amides is 1. The van der Waals surface area contributed by atoms with Crippen molar-refractivity contribution < 1.29 is 4.79 Å². The quantitative estimate of drug-likeness (QED) is 0.226. The number of nitrogens with one attached hydrogen (secondary N) is 1. The molecule has 0 saturated carbocycles. The fourth-order valence-corrected chi connectivity index (χ4v) is 5.49. The first kappa shape index (κ1) is 24.0. The van der Waals surface area contributed by atoms with Crippen LogP contribution in [0.5, 0.6) is 0 Å². The van der Waals surface area contributed by atoms with E-state index in [-0.39, 0.29) is 5.91 Å². The summed E-state index contributed by atoms with van der Waals surface area (Å²) in [6, 6.07) is 35.9. The number of rotatable bonds is 6. The second-order valence-electron chi connectivity index (χ2n) is 9.54. The number of pyridine rings is 1. The Hall–Kier alpha value is -5.07. The monoisotopic (exact) mass is 539 g/mol. The number of benzene rings is 4. The molecule has 1 N–H and O–H groups in total. The molecule has 4 aromatic carbocycles. The molecule has 0 fully saturated rings. The molecule has 0 aliphatic carbocycles. The van der Waals surface area contributed by atoms with Crippen molar-refractivity contribution in [1.29, 1.82) is 0 Å². The van der Waals surface area contributed by atoms with Crippen LogP contribution in [0.4, 0.5) is 0 Å². The van der Waals surface area contributed by atoms with Gasteiger partial charge < -0.3 is 4.57 Å². The average molecular weight is 540 g/mol. The molecule has 0 unspecified atom stereocenters. The number of para-hydroxylation sites is 2. The highest BCUT2D eigenvalue weighted by Gasteiger charge is 2.20. The highest BCUT2D eigenvalue weighted by atomic mass is 35.5. The molecule has 7 rings (SSSR count). The topological polar surface area (TPSA) is 71.6 Å². The van der Waals surface area contributed by atoms with E-state index < -0.39 is 0 Å². The Morgan fingerprint density at radius 1 is 0.850 bits per heavy atom. The highest BCUT2D eigenvalue weighted by molar-refractivity contribution is 6.33. The largest absolute Gasteiger partial charge is 0.334 e. The molecule has 0 saturated heterocycles. The summed E-state index contributed by atoms with van der Waals surface area (Å²) in [6.07, 6.45) is 1.63. The molecular formula is C33H22ClN5O. The van der Waals surface area contributed by atoms with Crippen molar-refractivity contribution in [2.45, 2.75) is 6.54 Å². The maximum absolute atomic E-state index is 12.5. The summed E-state index contributed by atoms with van der Waals surface area (Å²) in [7, 11) is 0. The van der Waals surface area contributed by atoms with Gasteiger partial charge in [-0.05, 0) is 29.8 Å². The first-order chi connectivity index (χ1) is 19.7. The van der Waals surface area contributed by atoms with Crippen LogP contribution in [-0.4, -0.2) is 21.7 Å². The number of carbonyl (C=O) groups excluding carboxylic acids is 1. The van der Waals surface area contributed by atoms with Crippen LogP contribution in [0.1, 0.15) is 11.3 Å². The zero-order valence-corrected chi connectivity index (χ0v) is 22.0. The lowest BCUT2D eigenvalue weighted by atomic mass is 10.1. The summed E-state index contributed by atoms with van der Waals surface area (Å²) in [5.41, 5.74) is 8.77. The van der Waals surface area contributed by atoms with Crippen molar-refractivity contribution in [3.05, 3.63) is 136 Å². The lowest BCUT2D eigenvalue weighted by molar-refractivity contribution is -0.113. The van der Waals surface area contributed by atoms with E-state index in [9.17, 15) is 4.79 Å². The van der Waals surface area contributed by atoms with Gasteiger partial charge in [0.25, 0.3) is 5.91 Å². The molecule has 3 heterocycles. The van der Waals surface area contributed by atoms with Crippen LogP contribution in [0.3, 0.4) is 0 Å². The molecule has 40 heavy (non-hydrogen) atoms. The first-order valence-corrected chi connectivity index (χ1v) is 13.3. The predicted molar refractivity (Wildman–Crippen MR) is 160 cm³/mol. The zero-order chi connectivity index (χ0) is 27.1. The van der Waals surface area contributed by atoms with Crippen molar-refractivity contribution in [2.24, 2.45) is 10.1 Å². The number of hydrazone groups is 1. The Labute approximate surface area is 234 Å². The van der Waals surface area contributed by atoms with Crippen molar-refractivity contribution in [2.75, 3.05) is 0 Å². The van der Waals surface area contributed by atoms with Gasteiger partial charge in [-0.15, -0.1) is 0 Å². The average Bonchev–Trinajstić information content (AvgIpc) is 3.47. The second kappa shape index (κ2) is 9.91. The Bertz CT molecular complexity index is 2100. The van der Waals surface area contributed by atoms with Gasteiger partial charge >= 0.3 is 0 Å². The normalized spacial score (nSPS) is 12.8. The molecule has 7 heteroatoms. The third-order valence-corrected chi connectivity index (χ3v) is 7.39. The SMILES string of the molecule is O=C1N=c2ccccc2=C1N/N=C/c1cc2c3ccccc3n(Cc3ccccc3)c2c(-c2ccccc2Cl)n1. The molecule has 0 radical (unpaired) electrons. The van der Waals surface area contributed by atoms with Crippen LogP contribution in [0.25, 0.3) is 38.8 Å². The predicted octanol–water partition coefficient (Wildman–Crippen LogP) is 5.45. The Morgan fingerprint density at radius 3 is 2.48 bits per heavy atom. The second-order valence-corrected chi connectivity index (χ2v) is 9.95. The van der Waals surface area contributed by atoms with Crippen molar-refractivity contribution in [1.82, 2.24) is 15.0 Å². The minimum Gasteiger partial charge on any atom is -0.334 e. The summed E-state index contributed by atoms with van der Waals surface area (Å²) in [5.74, 6) is -0.345. The summed E-state index contributed by atoms with van der Waals surface area (Å²) in [4.78, 5) is 21.6.